The molecule has 0 fully saturated rings. The summed E-state index contributed by atoms with van der Waals surface area (Å²) in [5.41, 5.74) is 0.223. The molecule has 0 aliphatic heterocycles. The highest BCUT2D eigenvalue weighted by atomic mass is 35.5. The number of hydrogen-bond donors (Lipinski definition) is 1. The van der Waals surface area contributed by atoms with Crippen LogP contribution in [0.4, 0.5) is 4.39 Å². The van der Waals surface area contributed by atoms with E-state index in [1.165, 1.54) is 23.9 Å². The van der Waals surface area contributed by atoms with Gasteiger partial charge < -0.3 is 9.88 Å². The molecule has 0 aliphatic rings. The predicted octanol–water partition coefficient (Wildman–Crippen LogP) is 3.86. The third kappa shape index (κ3) is 4.87. The van der Waals surface area contributed by atoms with Crippen molar-refractivity contribution in [1.29, 1.82) is 0 Å². The van der Waals surface area contributed by atoms with E-state index in [0.717, 1.165) is 4.90 Å². The Kier molecular flexibility index (Phi) is 6.13. The maximum Gasteiger partial charge on any atom is 0.258 e. The van der Waals surface area contributed by atoms with Gasteiger partial charge in [0.15, 0.2) is 0 Å². The second kappa shape index (κ2) is 8.54. The first kappa shape index (κ1) is 19.4. The van der Waals surface area contributed by atoms with E-state index in [9.17, 15) is 14.0 Å². The Labute approximate surface area is 164 Å². The molecular weight excluding hydrogens is 389 g/mol. The number of benzene rings is 2. The predicted molar refractivity (Wildman–Crippen MR) is 106 cm³/mol. The summed E-state index contributed by atoms with van der Waals surface area (Å²) >= 11 is 7.30. The van der Waals surface area contributed by atoms with Crippen molar-refractivity contribution in [3.05, 3.63) is 69.5 Å². The molecule has 0 saturated carbocycles. The van der Waals surface area contributed by atoms with Crippen LogP contribution in [-0.2, 0) is 11.3 Å². The quantitative estimate of drug-likeness (QED) is 0.632. The molecule has 3 aromatic rings. The zero-order chi connectivity index (χ0) is 19.4. The van der Waals surface area contributed by atoms with Gasteiger partial charge in [0.2, 0.25) is 5.91 Å². The molecule has 3 rings (SSSR count). The Balaban J connectivity index is 1.72. The van der Waals surface area contributed by atoms with Gasteiger partial charge in [-0.05, 0) is 49.4 Å². The van der Waals surface area contributed by atoms with E-state index in [2.05, 4.69) is 9.97 Å². The third-order valence-electron chi connectivity index (χ3n) is 3.97. The molecule has 140 valence electrons. The maximum atomic E-state index is 13.0. The molecule has 0 saturated heterocycles. The standard InChI is InChI=1S/C19H17ClFN3O2S/c1-2-24(18(25)11-27-14-6-4-13(21)5-7-14)10-17-22-16-9-12(20)3-8-15(16)19(26)23-17/h3-9H,2,10-11H2,1H3,(H,22,23,26). The summed E-state index contributed by atoms with van der Waals surface area (Å²) in [7, 11) is 0. The van der Waals surface area contributed by atoms with Crippen molar-refractivity contribution >= 4 is 40.2 Å². The van der Waals surface area contributed by atoms with E-state index in [1.54, 1.807) is 35.2 Å². The number of carbonyl (C=O) groups excluding carboxylic acids is 1. The number of hydrogen-bond acceptors (Lipinski definition) is 4. The fourth-order valence-electron chi connectivity index (χ4n) is 2.56. The molecule has 0 bridgehead atoms. The number of rotatable bonds is 6. The Morgan fingerprint density at radius 3 is 2.70 bits per heavy atom. The van der Waals surface area contributed by atoms with E-state index >= 15 is 0 Å². The molecule has 27 heavy (non-hydrogen) atoms. The van der Waals surface area contributed by atoms with Gasteiger partial charge in [-0.25, -0.2) is 9.37 Å². The lowest BCUT2D eigenvalue weighted by Gasteiger charge is -2.20. The van der Waals surface area contributed by atoms with Crippen LogP contribution in [0.15, 0.2) is 52.2 Å². The van der Waals surface area contributed by atoms with Crippen LogP contribution in [0, 0.1) is 5.82 Å². The minimum absolute atomic E-state index is 0.0966. The molecular formula is C19H17ClFN3O2S. The maximum absolute atomic E-state index is 13.0. The first-order chi connectivity index (χ1) is 13.0. The lowest BCUT2D eigenvalue weighted by molar-refractivity contribution is -0.128. The van der Waals surface area contributed by atoms with Crippen LogP contribution < -0.4 is 5.56 Å². The summed E-state index contributed by atoms with van der Waals surface area (Å²) in [5, 5.41) is 0.940. The highest BCUT2D eigenvalue weighted by molar-refractivity contribution is 8.00. The minimum atomic E-state index is -0.313. The first-order valence-corrected chi connectivity index (χ1v) is 9.67. The summed E-state index contributed by atoms with van der Waals surface area (Å²) in [6.07, 6.45) is 0. The highest BCUT2D eigenvalue weighted by Gasteiger charge is 2.15. The zero-order valence-corrected chi connectivity index (χ0v) is 16.1. The molecule has 0 aliphatic carbocycles. The number of aromatic amines is 1. The van der Waals surface area contributed by atoms with E-state index in [1.807, 2.05) is 6.92 Å². The van der Waals surface area contributed by atoms with Crippen molar-refractivity contribution in [2.24, 2.45) is 0 Å². The molecule has 1 N–H and O–H groups in total. The lowest BCUT2D eigenvalue weighted by Crippen LogP contribution is -2.33. The van der Waals surface area contributed by atoms with Crippen LogP contribution in [0.5, 0.6) is 0 Å². The first-order valence-electron chi connectivity index (χ1n) is 8.31. The van der Waals surface area contributed by atoms with Crippen molar-refractivity contribution in [2.45, 2.75) is 18.4 Å². The topological polar surface area (TPSA) is 66.1 Å². The smallest absolute Gasteiger partial charge is 0.258 e. The second-order valence-corrected chi connectivity index (χ2v) is 7.31. The molecule has 1 heterocycles. The Hall–Kier alpha value is -2.38. The molecule has 1 amide bonds. The van der Waals surface area contributed by atoms with Crippen LogP contribution in [0.1, 0.15) is 12.7 Å². The average molecular weight is 406 g/mol. The molecule has 2 aromatic carbocycles. The van der Waals surface area contributed by atoms with Gasteiger partial charge in [0, 0.05) is 16.5 Å². The number of H-pyrrole nitrogens is 1. The van der Waals surface area contributed by atoms with Gasteiger partial charge in [-0.1, -0.05) is 11.6 Å². The van der Waals surface area contributed by atoms with Crippen molar-refractivity contribution in [1.82, 2.24) is 14.9 Å². The van der Waals surface area contributed by atoms with Gasteiger partial charge in [-0.2, -0.15) is 0 Å². The SMILES string of the molecule is CCN(Cc1nc2cc(Cl)ccc2c(=O)[nH]1)C(=O)CSc1ccc(F)cc1. The largest absolute Gasteiger partial charge is 0.335 e. The molecule has 1 aromatic heterocycles. The van der Waals surface area contributed by atoms with Crippen LogP contribution in [-0.4, -0.2) is 33.1 Å². The molecule has 0 atom stereocenters. The average Bonchev–Trinajstić information content (AvgIpc) is 2.65. The van der Waals surface area contributed by atoms with Crippen molar-refractivity contribution in [3.8, 4) is 0 Å². The normalized spacial score (nSPS) is 10.9. The number of fused-ring (bicyclic) bond motifs is 1. The van der Waals surface area contributed by atoms with Gasteiger partial charge in [-0.3, -0.25) is 9.59 Å². The van der Waals surface area contributed by atoms with Crippen molar-refractivity contribution in [2.75, 3.05) is 12.3 Å². The zero-order valence-electron chi connectivity index (χ0n) is 14.5. The number of halogens is 2. The van der Waals surface area contributed by atoms with Crippen LogP contribution in [0.3, 0.4) is 0 Å². The summed E-state index contributed by atoms with van der Waals surface area (Å²) < 4.78 is 13.0. The number of carbonyl (C=O) groups is 1. The summed E-state index contributed by atoms with van der Waals surface area (Å²) in [6, 6.07) is 10.9. The molecule has 0 unspecified atom stereocenters. The Morgan fingerprint density at radius 2 is 2.00 bits per heavy atom. The third-order valence-corrected chi connectivity index (χ3v) is 5.20. The van der Waals surface area contributed by atoms with E-state index < -0.39 is 0 Å². The fourth-order valence-corrected chi connectivity index (χ4v) is 3.53. The Morgan fingerprint density at radius 1 is 1.26 bits per heavy atom. The van der Waals surface area contributed by atoms with E-state index in [0.29, 0.717) is 28.3 Å². The molecule has 5 nitrogen and oxygen atoms in total. The van der Waals surface area contributed by atoms with E-state index in [4.69, 9.17) is 11.6 Å². The summed E-state index contributed by atoms with van der Waals surface area (Å²) in [6.45, 7) is 2.52. The monoisotopic (exact) mass is 405 g/mol. The number of nitrogens with zero attached hydrogens (tertiary/aromatic N) is 2. The summed E-state index contributed by atoms with van der Waals surface area (Å²) in [5.74, 6) is 0.202. The molecule has 8 heteroatoms. The second-order valence-electron chi connectivity index (χ2n) is 5.82. The number of aromatic nitrogens is 2. The van der Waals surface area contributed by atoms with Crippen molar-refractivity contribution < 1.29 is 9.18 Å². The van der Waals surface area contributed by atoms with Gasteiger partial charge in [0.05, 0.1) is 23.2 Å². The number of amides is 1. The van der Waals surface area contributed by atoms with Crippen LogP contribution >= 0.6 is 23.4 Å². The Bertz CT molecular complexity index is 1020. The number of nitrogens with one attached hydrogen (secondary N) is 1. The van der Waals surface area contributed by atoms with E-state index in [-0.39, 0.29) is 29.6 Å². The van der Waals surface area contributed by atoms with Crippen LogP contribution in [0.25, 0.3) is 10.9 Å². The van der Waals surface area contributed by atoms with Crippen LogP contribution in [0.2, 0.25) is 5.02 Å². The van der Waals surface area contributed by atoms with Gasteiger partial charge in [-0.15, -0.1) is 11.8 Å². The minimum Gasteiger partial charge on any atom is -0.335 e. The van der Waals surface area contributed by atoms with Crippen molar-refractivity contribution in [3.63, 3.8) is 0 Å². The highest BCUT2D eigenvalue weighted by Crippen LogP contribution is 2.19. The van der Waals surface area contributed by atoms with Gasteiger partial charge in [0.1, 0.15) is 11.6 Å². The number of thioether (sulfide) groups is 1. The summed E-state index contributed by atoms with van der Waals surface area (Å²) in [4.78, 5) is 34.3. The molecule has 0 radical (unpaired) electrons. The fraction of sp³-hybridized carbons (Fsp3) is 0.211. The lowest BCUT2D eigenvalue weighted by atomic mass is 10.2. The van der Waals surface area contributed by atoms with Gasteiger partial charge >= 0.3 is 0 Å². The molecule has 0 spiro atoms. The van der Waals surface area contributed by atoms with Gasteiger partial charge in [0.25, 0.3) is 5.56 Å².